The van der Waals surface area contributed by atoms with Crippen molar-refractivity contribution in [1.29, 1.82) is 0 Å². The van der Waals surface area contributed by atoms with E-state index in [1.165, 1.54) is 12.1 Å². The lowest BCUT2D eigenvalue weighted by Crippen LogP contribution is -2.47. The summed E-state index contributed by atoms with van der Waals surface area (Å²) < 4.78 is 19.1. The molecule has 2 atom stereocenters. The minimum Gasteiger partial charge on any atom is -0.370 e. The number of nitrogens with one attached hydrogen (secondary N) is 1. The summed E-state index contributed by atoms with van der Waals surface area (Å²) in [6, 6.07) is 9.78. The molecule has 1 fully saturated rings. The third-order valence-corrected chi connectivity index (χ3v) is 4.10. The Kier molecular flexibility index (Phi) is 5.05. The highest BCUT2D eigenvalue weighted by Crippen LogP contribution is 2.23. The van der Waals surface area contributed by atoms with Crippen molar-refractivity contribution >= 4 is 6.03 Å². The van der Waals surface area contributed by atoms with Crippen molar-refractivity contribution in [2.75, 3.05) is 19.7 Å². The Morgan fingerprint density at radius 3 is 3.04 bits per heavy atom. The summed E-state index contributed by atoms with van der Waals surface area (Å²) in [6.45, 7) is 3.25. The molecular formula is C18H20FN3O2. The zero-order valence-corrected chi connectivity index (χ0v) is 13.5. The Bertz CT molecular complexity index is 696. The number of halogens is 1. The molecule has 2 aromatic rings. The first kappa shape index (κ1) is 16.4. The smallest absolute Gasteiger partial charge is 0.318 e. The van der Waals surface area contributed by atoms with Crippen LogP contribution >= 0.6 is 0 Å². The van der Waals surface area contributed by atoms with E-state index in [0.29, 0.717) is 19.7 Å². The Balaban J connectivity index is 1.63. The molecule has 24 heavy (non-hydrogen) atoms. The number of carbonyl (C=O) groups excluding carboxylic acids is 1. The number of pyridine rings is 1. The molecule has 126 valence electrons. The molecule has 1 aliphatic rings. The van der Waals surface area contributed by atoms with E-state index in [0.717, 1.165) is 11.1 Å². The first-order chi connectivity index (χ1) is 11.6. The predicted octanol–water partition coefficient (Wildman–Crippen LogP) is 3.06. The molecule has 5 nitrogen and oxygen atoms in total. The molecule has 6 heteroatoms. The molecule has 2 amide bonds. The Morgan fingerprint density at radius 2 is 2.29 bits per heavy atom. The minimum absolute atomic E-state index is 0.137. The highest BCUT2D eigenvalue weighted by atomic mass is 19.1. The average molecular weight is 329 g/mol. The Morgan fingerprint density at radius 1 is 1.42 bits per heavy atom. The summed E-state index contributed by atoms with van der Waals surface area (Å²) in [7, 11) is 0. The fourth-order valence-electron chi connectivity index (χ4n) is 2.73. The maximum atomic E-state index is 13.4. The molecule has 1 N–H and O–H groups in total. The van der Waals surface area contributed by atoms with Crippen LogP contribution in [0.1, 0.15) is 30.2 Å². The number of rotatable bonds is 3. The number of urea groups is 1. The van der Waals surface area contributed by atoms with E-state index < -0.39 is 0 Å². The molecule has 2 heterocycles. The van der Waals surface area contributed by atoms with E-state index in [1.54, 1.807) is 23.4 Å². The maximum Gasteiger partial charge on any atom is 0.318 e. The topological polar surface area (TPSA) is 54.5 Å². The van der Waals surface area contributed by atoms with Gasteiger partial charge < -0.3 is 15.0 Å². The van der Waals surface area contributed by atoms with E-state index in [-0.39, 0.29) is 24.0 Å². The second kappa shape index (κ2) is 7.40. The average Bonchev–Trinajstić information content (AvgIpc) is 2.62. The summed E-state index contributed by atoms with van der Waals surface area (Å²) in [5.74, 6) is -0.303. The van der Waals surface area contributed by atoms with Gasteiger partial charge in [-0.1, -0.05) is 18.2 Å². The Hall–Kier alpha value is -2.47. The van der Waals surface area contributed by atoms with Gasteiger partial charge in [0, 0.05) is 18.9 Å². The van der Waals surface area contributed by atoms with Crippen LogP contribution in [0.3, 0.4) is 0 Å². The van der Waals surface area contributed by atoms with Crippen LogP contribution in [-0.4, -0.2) is 35.6 Å². The number of morpholine rings is 1. The van der Waals surface area contributed by atoms with Crippen LogP contribution in [0, 0.1) is 5.82 Å². The van der Waals surface area contributed by atoms with E-state index in [9.17, 15) is 9.18 Å². The summed E-state index contributed by atoms with van der Waals surface area (Å²) in [5, 5.41) is 2.97. The highest BCUT2D eigenvalue weighted by molar-refractivity contribution is 5.74. The van der Waals surface area contributed by atoms with Crippen molar-refractivity contribution in [1.82, 2.24) is 15.2 Å². The summed E-state index contributed by atoms with van der Waals surface area (Å²) in [6.07, 6.45) is 3.12. The zero-order chi connectivity index (χ0) is 16.9. The number of carbonyl (C=O) groups is 1. The molecule has 0 bridgehead atoms. The molecule has 2 unspecified atom stereocenters. The summed E-state index contributed by atoms with van der Waals surface area (Å²) >= 11 is 0. The second-order valence-corrected chi connectivity index (χ2v) is 5.82. The molecule has 0 aliphatic carbocycles. The first-order valence-electron chi connectivity index (χ1n) is 7.96. The number of benzene rings is 1. The molecule has 1 aromatic heterocycles. The second-order valence-electron chi connectivity index (χ2n) is 5.82. The third-order valence-electron chi connectivity index (χ3n) is 4.10. The van der Waals surface area contributed by atoms with Gasteiger partial charge in [0.15, 0.2) is 0 Å². The number of hydrogen-bond acceptors (Lipinski definition) is 3. The van der Waals surface area contributed by atoms with Crippen molar-refractivity contribution in [3.8, 4) is 0 Å². The monoisotopic (exact) mass is 329 g/mol. The third kappa shape index (κ3) is 3.89. The van der Waals surface area contributed by atoms with E-state index >= 15 is 0 Å². The quantitative estimate of drug-likeness (QED) is 0.941. The molecule has 1 aromatic carbocycles. The van der Waals surface area contributed by atoms with Crippen LogP contribution < -0.4 is 5.32 Å². The Labute approximate surface area is 140 Å². The van der Waals surface area contributed by atoms with Gasteiger partial charge in [0.1, 0.15) is 11.9 Å². The lowest BCUT2D eigenvalue weighted by molar-refractivity contribution is -0.0158. The van der Waals surface area contributed by atoms with Crippen LogP contribution in [0.25, 0.3) is 0 Å². The fourth-order valence-corrected chi connectivity index (χ4v) is 2.73. The van der Waals surface area contributed by atoms with Crippen LogP contribution in [0.5, 0.6) is 0 Å². The van der Waals surface area contributed by atoms with Crippen molar-refractivity contribution < 1.29 is 13.9 Å². The number of nitrogens with zero attached hydrogens (tertiary/aromatic N) is 2. The van der Waals surface area contributed by atoms with Gasteiger partial charge in [-0.15, -0.1) is 0 Å². The van der Waals surface area contributed by atoms with E-state index in [2.05, 4.69) is 10.3 Å². The SMILES string of the molecule is CC(NC(=O)N1CCOC(c2cccc(F)c2)C1)c1cccnc1. The van der Waals surface area contributed by atoms with Crippen LogP contribution in [0.4, 0.5) is 9.18 Å². The van der Waals surface area contributed by atoms with Gasteiger partial charge in [-0.05, 0) is 36.2 Å². The normalized spacial score (nSPS) is 18.9. The number of ether oxygens (including phenoxy) is 1. The lowest BCUT2D eigenvalue weighted by Gasteiger charge is -2.34. The molecule has 0 radical (unpaired) electrons. The predicted molar refractivity (Wildman–Crippen MR) is 87.8 cm³/mol. The zero-order valence-electron chi connectivity index (χ0n) is 13.5. The standard InChI is InChI=1S/C18H20FN3O2/c1-13(15-5-3-7-20-11-15)21-18(23)22-8-9-24-17(12-22)14-4-2-6-16(19)10-14/h2-7,10-11,13,17H,8-9,12H2,1H3,(H,21,23). The number of aromatic nitrogens is 1. The summed E-state index contributed by atoms with van der Waals surface area (Å²) in [4.78, 5) is 18.3. The number of hydrogen-bond donors (Lipinski definition) is 1. The lowest BCUT2D eigenvalue weighted by atomic mass is 10.1. The van der Waals surface area contributed by atoms with Crippen molar-refractivity contribution in [2.45, 2.75) is 19.1 Å². The van der Waals surface area contributed by atoms with Gasteiger partial charge in [-0.3, -0.25) is 4.98 Å². The molecule has 1 aliphatic heterocycles. The minimum atomic E-state index is -0.311. The molecular weight excluding hydrogens is 309 g/mol. The van der Waals surface area contributed by atoms with Crippen LogP contribution in [0.2, 0.25) is 0 Å². The van der Waals surface area contributed by atoms with Crippen LogP contribution in [0.15, 0.2) is 48.8 Å². The van der Waals surface area contributed by atoms with Gasteiger partial charge in [-0.2, -0.15) is 0 Å². The largest absolute Gasteiger partial charge is 0.370 e. The van der Waals surface area contributed by atoms with E-state index in [4.69, 9.17) is 4.74 Å². The molecule has 3 rings (SSSR count). The van der Waals surface area contributed by atoms with E-state index in [1.807, 2.05) is 25.1 Å². The van der Waals surface area contributed by atoms with Gasteiger partial charge in [0.25, 0.3) is 0 Å². The highest BCUT2D eigenvalue weighted by Gasteiger charge is 2.26. The fraction of sp³-hybridized carbons (Fsp3) is 0.333. The maximum absolute atomic E-state index is 13.4. The van der Waals surface area contributed by atoms with Gasteiger partial charge in [0.2, 0.25) is 0 Å². The van der Waals surface area contributed by atoms with Gasteiger partial charge in [-0.25, -0.2) is 9.18 Å². The van der Waals surface area contributed by atoms with Crippen molar-refractivity contribution in [3.63, 3.8) is 0 Å². The van der Waals surface area contributed by atoms with Crippen molar-refractivity contribution in [2.24, 2.45) is 0 Å². The van der Waals surface area contributed by atoms with Crippen molar-refractivity contribution in [3.05, 3.63) is 65.7 Å². The number of amides is 2. The first-order valence-corrected chi connectivity index (χ1v) is 7.96. The molecule has 0 spiro atoms. The summed E-state index contributed by atoms with van der Waals surface area (Å²) in [5.41, 5.74) is 1.69. The van der Waals surface area contributed by atoms with Gasteiger partial charge >= 0.3 is 6.03 Å². The molecule has 0 saturated carbocycles. The van der Waals surface area contributed by atoms with Gasteiger partial charge in [0.05, 0.1) is 19.2 Å². The van der Waals surface area contributed by atoms with Crippen LogP contribution in [-0.2, 0) is 4.74 Å². The molecule has 1 saturated heterocycles.